The number of hydrogen-bond donors (Lipinski definition) is 2. The van der Waals surface area contributed by atoms with Crippen LogP contribution in [0.15, 0.2) is 35.2 Å². The summed E-state index contributed by atoms with van der Waals surface area (Å²) in [4.78, 5) is 24.2. The molecule has 0 aliphatic heterocycles. The standard InChI is InChI=1S/C16H22N2O4S/c1-12(17-16(20)13-8-4-2-5-9-13)15(19)18-23(21,22)14-10-6-3-7-11-14/h3,6-7,10-13H,2,4-5,8-9H2,1H3,(H,17,20)(H,18,19). The molecule has 1 aliphatic rings. The predicted molar refractivity (Wildman–Crippen MR) is 86.0 cm³/mol. The minimum atomic E-state index is -3.92. The summed E-state index contributed by atoms with van der Waals surface area (Å²) in [6.07, 6.45) is 4.81. The molecule has 2 rings (SSSR count). The van der Waals surface area contributed by atoms with Gasteiger partial charge in [0.05, 0.1) is 4.90 Å². The summed E-state index contributed by atoms with van der Waals surface area (Å²) in [5.41, 5.74) is 0. The van der Waals surface area contributed by atoms with E-state index < -0.39 is 22.0 Å². The fraction of sp³-hybridized carbons (Fsp3) is 0.500. The molecule has 0 aromatic heterocycles. The van der Waals surface area contributed by atoms with Crippen molar-refractivity contribution in [2.45, 2.75) is 50.0 Å². The van der Waals surface area contributed by atoms with Gasteiger partial charge in [-0.25, -0.2) is 13.1 Å². The lowest BCUT2D eigenvalue weighted by Gasteiger charge is -2.22. The summed E-state index contributed by atoms with van der Waals surface area (Å²) in [5, 5.41) is 2.61. The lowest BCUT2D eigenvalue weighted by Crippen LogP contribution is -2.48. The maximum atomic E-state index is 12.1. The molecule has 0 bridgehead atoms. The zero-order valence-electron chi connectivity index (χ0n) is 13.1. The number of rotatable bonds is 5. The Morgan fingerprint density at radius 3 is 2.30 bits per heavy atom. The lowest BCUT2D eigenvalue weighted by atomic mass is 9.88. The van der Waals surface area contributed by atoms with Gasteiger partial charge in [-0.3, -0.25) is 9.59 Å². The van der Waals surface area contributed by atoms with Gasteiger partial charge in [0.15, 0.2) is 0 Å². The van der Waals surface area contributed by atoms with Crippen LogP contribution in [-0.2, 0) is 19.6 Å². The average molecular weight is 338 g/mol. The molecule has 1 aromatic rings. The first kappa shape index (κ1) is 17.5. The topological polar surface area (TPSA) is 92.3 Å². The molecule has 6 nitrogen and oxygen atoms in total. The third kappa shape index (κ3) is 4.79. The second kappa shape index (κ2) is 7.59. The van der Waals surface area contributed by atoms with Gasteiger partial charge in [-0.05, 0) is 31.9 Å². The molecule has 1 aromatic carbocycles. The maximum Gasteiger partial charge on any atom is 0.264 e. The molecule has 126 valence electrons. The Balaban J connectivity index is 1.93. The zero-order valence-corrected chi connectivity index (χ0v) is 13.9. The van der Waals surface area contributed by atoms with Crippen molar-refractivity contribution in [3.8, 4) is 0 Å². The molecule has 1 saturated carbocycles. The van der Waals surface area contributed by atoms with Crippen LogP contribution in [0.25, 0.3) is 0 Å². The van der Waals surface area contributed by atoms with Crippen molar-refractivity contribution in [3.63, 3.8) is 0 Å². The number of carbonyl (C=O) groups is 2. The van der Waals surface area contributed by atoms with Gasteiger partial charge >= 0.3 is 0 Å². The van der Waals surface area contributed by atoms with Crippen molar-refractivity contribution < 1.29 is 18.0 Å². The highest BCUT2D eigenvalue weighted by atomic mass is 32.2. The van der Waals surface area contributed by atoms with Crippen LogP contribution in [0.3, 0.4) is 0 Å². The fourth-order valence-corrected chi connectivity index (χ4v) is 3.72. The molecule has 1 unspecified atom stereocenters. The Labute approximate surface area is 136 Å². The highest BCUT2D eigenvalue weighted by Gasteiger charge is 2.26. The molecule has 2 amide bonds. The van der Waals surface area contributed by atoms with Gasteiger partial charge < -0.3 is 5.32 Å². The molecule has 0 saturated heterocycles. The molecule has 23 heavy (non-hydrogen) atoms. The molecule has 2 N–H and O–H groups in total. The third-order valence-electron chi connectivity index (χ3n) is 4.02. The van der Waals surface area contributed by atoms with Crippen molar-refractivity contribution in [1.29, 1.82) is 0 Å². The van der Waals surface area contributed by atoms with Crippen LogP contribution in [0.5, 0.6) is 0 Å². The zero-order chi connectivity index (χ0) is 16.9. The van der Waals surface area contributed by atoms with Crippen molar-refractivity contribution in [3.05, 3.63) is 30.3 Å². The molecule has 0 radical (unpaired) electrons. The van der Waals surface area contributed by atoms with Gasteiger partial charge in [0.1, 0.15) is 6.04 Å². The maximum absolute atomic E-state index is 12.1. The lowest BCUT2D eigenvalue weighted by molar-refractivity contribution is -0.130. The summed E-state index contributed by atoms with van der Waals surface area (Å²) in [6, 6.07) is 6.75. The minimum Gasteiger partial charge on any atom is -0.344 e. The Kier molecular flexibility index (Phi) is 5.76. The van der Waals surface area contributed by atoms with E-state index in [-0.39, 0.29) is 16.7 Å². The van der Waals surface area contributed by atoms with Gasteiger partial charge in [0, 0.05) is 5.92 Å². The molecule has 1 aliphatic carbocycles. The van der Waals surface area contributed by atoms with E-state index in [1.807, 2.05) is 4.72 Å². The quantitative estimate of drug-likeness (QED) is 0.852. The normalized spacial score (nSPS) is 17.3. The van der Waals surface area contributed by atoms with Crippen LogP contribution in [0, 0.1) is 5.92 Å². The minimum absolute atomic E-state index is 0.0131. The second-order valence-corrected chi connectivity index (χ2v) is 7.53. The largest absolute Gasteiger partial charge is 0.344 e. The molecule has 1 atom stereocenters. The summed E-state index contributed by atoms with van der Waals surface area (Å²) >= 11 is 0. The SMILES string of the molecule is CC(NC(=O)C1CCCCC1)C(=O)NS(=O)(=O)c1ccccc1. The smallest absolute Gasteiger partial charge is 0.264 e. The van der Waals surface area contributed by atoms with Crippen LogP contribution in [0.1, 0.15) is 39.0 Å². The van der Waals surface area contributed by atoms with E-state index in [2.05, 4.69) is 5.32 Å². The molecule has 7 heteroatoms. The van der Waals surface area contributed by atoms with E-state index >= 15 is 0 Å². The molecule has 0 heterocycles. The number of nitrogens with one attached hydrogen (secondary N) is 2. The summed E-state index contributed by atoms with van der Waals surface area (Å²) in [6.45, 7) is 1.48. The molecule has 1 fully saturated rings. The van der Waals surface area contributed by atoms with Crippen LogP contribution >= 0.6 is 0 Å². The Morgan fingerprint density at radius 2 is 1.70 bits per heavy atom. The van der Waals surface area contributed by atoms with Crippen LogP contribution in [0.2, 0.25) is 0 Å². The van der Waals surface area contributed by atoms with Gasteiger partial charge in [-0.1, -0.05) is 37.5 Å². The highest BCUT2D eigenvalue weighted by molar-refractivity contribution is 7.90. The third-order valence-corrected chi connectivity index (χ3v) is 5.38. The van der Waals surface area contributed by atoms with E-state index in [1.165, 1.54) is 19.1 Å². The Morgan fingerprint density at radius 1 is 1.09 bits per heavy atom. The van der Waals surface area contributed by atoms with Gasteiger partial charge in [0.25, 0.3) is 15.9 Å². The van der Waals surface area contributed by atoms with E-state index in [4.69, 9.17) is 0 Å². The van der Waals surface area contributed by atoms with E-state index in [1.54, 1.807) is 18.2 Å². The van der Waals surface area contributed by atoms with Crippen molar-refractivity contribution in [2.24, 2.45) is 5.92 Å². The van der Waals surface area contributed by atoms with Gasteiger partial charge in [0.2, 0.25) is 5.91 Å². The second-order valence-electron chi connectivity index (χ2n) is 5.85. The number of benzene rings is 1. The summed E-state index contributed by atoms with van der Waals surface area (Å²) in [5.74, 6) is -0.993. The Hall–Kier alpha value is -1.89. The van der Waals surface area contributed by atoms with Crippen molar-refractivity contribution >= 4 is 21.8 Å². The van der Waals surface area contributed by atoms with E-state index in [0.29, 0.717) is 0 Å². The van der Waals surface area contributed by atoms with E-state index in [0.717, 1.165) is 32.1 Å². The van der Waals surface area contributed by atoms with Crippen molar-refractivity contribution in [2.75, 3.05) is 0 Å². The van der Waals surface area contributed by atoms with Crippen LogP contribution < -0.4 is 10.0 Å². The Bertz CT molecular complexity index is 652. The number of carbonyl (C=O) groups excluding carboxylic acids is 2. The van der Waals surface area contributed by atoms with Crippen molar-refractivity contribution in [1.82, 2.24) is 10.0 Å². The van der Waals surface area contributed by atoms with E-state index in [9.17, 15) is 18.0 Å². The first-order chi connectivity index (χ1) is 10.9. The highest BCUT2D eigenvalue weighted by Crippen LogP contribution is 2.23. The predicted octanol–water partition coefficient (Wildman–Crippen LogP) is 1.58. The van der Waals surface area contributed by atoms with Gasteiger partial charge in [-0.15, -0.1) is 0 Å². The molecular formula is C16H22N2O4S. The monoisotopic (exact) mass is 338 g/mol. The summed E-state index contributed by atoms with van der Waals surface area (Å²) < 4.78 is 26.2. The van der Waals surface area contributed by atoms with Crippen LogP contribution in [-0.4, -0.2) is 26.3 Å². The molecular weight excluding hydrogens is 316 g/mol. The molecule has 0 spiro atoms. The number of amides is 2. The average Bonchev–Trinajstić information content (AvgIpc) is 2.56. The first-order valence-corrected chi connectivity index (χ1v) is 9.30. The number of sulfonamides is 1. The summed E-state index contributed by atoms with van der Waals surface area (Å²) in [7, 11) is -3.92. The first-order valence-electron chi connectivity index (χ1n) is 7.82. The number of hydrogen-bond acceptors (Lipinski definition) is 4. The fourth-order valence-electron chi connectivity index (χ4n) is 2.64. The van der Waals surface area contributed by atoms with Gasteiger partial charge in [-0.2, -0.15) is 0 Å². The van der Waals surface area contributed by atoms with Crippen LogP contribution in [0.4, 0.5) is 0 Å².